The molecule has 1 aliphatic rings. The number of amides is 2. The largest absolute Gasteiger partial charge is 0.496 e. The van der Waals surface area contributed by atoms with Crippen molar-refractivity contribution >= 4 is 17.6 Å². The first-order valence-corrected chi connectivity index (χ1v) is 12.8. The Morgan fingerprint density at radius 2 is 2.03 bits per heavy atom. The van der Waals surface area contributed by atoms with Gasteiger partial charge in [0.15, 0.2) is 5.82 Å². The van der Waals surface area contributed by atoms with Gasteiger partial charge in [-0.2, -0.15) is 0 Å². The van der Waals surface area contributed by atoms with Gasteiger partial charge < -0.3 is 29.4 Å². The van der Waals surface area contributed by atoms with Crippen molar-refractivity contribution < 1.29 is 24.2 Å². The summed E-state index contributed by atoms with van der Waals surface area (Å²) in [5, 5.41) is 20.2. The summed E-state index contributed by atoms with van der Waals surface area (Å²) in [6.07, 6.45) is 7.11. The molecule has 2 amide bonds. The van der Waals surface area contributed by atoms with Crippen LogP contribution in [0.4, 0.5) is 4.79 Å². The smallest absolute Gasteiger partial charge is 0.410 e. The molecule has 2 heterocycles. The molecule has 0 aliphatic carbocycles. The topological polar surface area (TPSA) is 119 Å². The Morgan fingerprint density at radius 3 is 2.68 bits per heavy atom. The van der Waals surface area contributed by atoms with Crippen molar-refractivity contribution in [2.24, 2.45) is 0 Å². The lowest BCUT2D eigenvalue weighted by Crippen LogP contribution is -2.36. The molecule has 38 heavy (non-hydrogen) atoms. The molecule has 1 aromatic carbocycles. The summed E-state index contributed by atoms with van der Waals surface area (Å²) >= 11 is 0. The molecule has 2 aromatic rings. The molecule has 0 saturated carbocycles. The Labute approximate surface area is 224 Å². The van der Waals surface area contributed by atoms with Gasteiger partial charge in [-0.05, 0) is 62.1 Å². The standard InChI is InChI=1S/C26H33N5O5.C2H6/c1-6-36-26(34)30-11-10-20-13-23(35-5)22(12-21(20)14-30)25(33)28-18(3)9-7-8-17(2)24-29-27-16-31(24)19(4)15-32;1-2/h7-9,12-13,16,19,32H,3,6,10-11,14-15H2,1-2,4-5H3,(H,28,33);1-2H3/b9-7-,17-8+;. The molecule has 1 aliphatic heterocycles. The molecule has 2 N–H and O–H groups in total. The van der Waals surface area contributed by atoms with E-state index in [0.29, 0.717) is 49.0 Å². The van der Waals surface area contributed by atoms with Crippen molar-refractivity contribution in [3.8, 4) is 5.75 Å². The van der Waals surface area contributed by atoms with E-state index >= 15 is 0 Å². The molecule has 0 fully saturated rings. The van der Waals surface area contributed by atoms with Crippen molar-refractivity contribution in [3.63, 3.8) is 0 Å². The van der Waals surface area contributed by atoms with Crippen LogP contribution in [0.3, 0.4) is 0 Å². The third-order valence-corrected chi connectivity index (χ3v) is 5.89. The van der Waals surface area contributed by atoms with Crippen molar-refractivity contribution in [1.29, 1.82) is 0 Å². The number of aromatic nitrogens is 3. The van der Waals surface area contributed by atoms with Crippen LogP contribution in [0, 0.1) is 0 Å². The second-order valence-electron chi connectivity index (χ2n) is 8.47. The predicted molar refractivity (Wildman–Crippen MR) is 147 cm³/mol. The lowest BCUT2D eigenvalue weighted by atomic mass is 9.96. The summed E-state index contributed by atoms with van der Waals surface area (Å²) in [6, 6.07) is 3.46. The van der Waals surface area contributed by atoms with Crippen molar-refractivity contribution in [2.45, 2.75) is 53.6 Å². The van der Waals surface area contributed by atoms with Gasteiger partial charge >= 0.3 is 6.09 Å². The fourth-order valence-electron chi connectivity index (χ4n) is 3.88. The summed E-state index contributed by atoms with van der Waals surface area (Å²) < 4.78 is 12.4. The van der Waals surface area contributed by atoms with Crippen LogP contribution in [0.15, 0.2) is 49.0 Å². The molecule has 0 bridgehead atoms. The molecule has 206 valence electrons. The third kappa shape index (κ3) is 7.55. The van der Waals surface area contributed by atoms with Gasteiger partial charge in [-0.25, -0.2) is 4.79 Å². The summed E-state index contributed by atoms with van der Waals surface area (Å²) in [5.41, 5.74) is 3.50. The summed E-state index contributed by atoms with van der Waals surface area (Å²) in [6.45, 7) is 14.6. The highest BCUT2D eigenvalue weighted by atomic mass is 16.6. The number of benzene rings is 1. The lowest BCUT2D eigenvalue weighted by Gasteiger charge is -2.28. The van der Waals surface area contributed by atoms with Crippen LogP contribution >= 0.6 is 0 Å². The van der Waals surface area contributed by atoms with E-state index in [9.17, 15) is 14.7 Å². The minimum absolute atomic E-state index is 0.0238. The van der Waals surface area contributed by atoms with Crippen LogP contribution in [0.2, 0.25) is 0 Å². The molecule has 10 heteroatoms. The minimum Gasteiger partial charge on any atom is -0.496 e. The second kappa shape index (κ2) is 14.7. The van der Waals surface area contributed by atoms with Gasteiger partial charge in [0.05, 0.1) is 31.9 Å². The zero-order chi connectivity index (χ0) is 28.2. The Bertz CT molecular complexity index is 1180. The molecule has 0 spiro atoms. The predicted octanol–water partition coefficient (Wildman–Crippen LogP) is 4.28. The zero-order valence-corrected chi connectivity index (χ0v) is 23.2. The number of carbonyl (C=O) groups excluding carboxylic acids is 2. The third-order valence-electron chi connectivity index (χ3n) is 5.89. The number of aliphatic hydroxyl groups is 1. The Balaban J connectivity index is 0.00000247. The number of allylic oxidation sites excluding steroid dienone is 4. The van der Waals surface area contributed by atoms with Gasteiger partial charge in [-0.3, -0.25) is 4.79 Å². The molecule has 0 radical (unpaired) electrons. The minimum atomic E-state index is -0.366. The van der Waals surface area contributed by atoms with Crippen LogP contribution in [-0.4, -0.2) is 63.6 Å². The average Bonchev–Trinajstić information content (AvgIpc) is 3.43. The molecule has 3 rings (SSSR count). The molecular weight excluding hydrogens is 486 g/mol. The molecular formula is C28H39N5O5. The lowest BCUT2D eigenvalue weighted by molar-refractivity contribution is 0.0964. The monoisotopic (exact) mass is 525 g/mol. The van der Waals surface area contributed by atoms with E-state index in [0.717, 1.165) is 16.7 Å². The summed E-state index contributed by atoms with van der Waals surface area (Å²) in [7, 11) is 1.52. The van der Waals surface area contributed by atoms with Gasteiger partial charge in [0.2, 0.25) is 0 Å². The maximum Gasteiger partial charge on any atom is 0.410 e. The number of fused-ring (bicyclic) bond motifs is 1. The number of hydrogen-bond donors (Lipinski definition) is 2. The maximum absolute atomic E-state index is 13.0. The summed E-state index contributed by atoms with van der Waals surface area (Å²) in [4.78, 5) is 26.8. The SMILES string of the molecule is C=C(/C=C\C=C(/C)c1nncn1C(C)CO)NC(=O)c1cc2c(cc1OC)CCN(C(=O)OCC)C2.CC. The number of aliphatic hydroxyl groups excluding tert-OH is 1. The van der Waals surface area contributed by atoms with Crippen LogP contribution < -0.4 is 10.1 Å². The van der Waals surface area contributed by atoms with E-state index in [4.69, 9.17) is 9.47 Å². The van der Waals surface area contributed by atoms with E-state index in [1.165, 1.54) is 7.11 Å². The van der Waals surface area contributed by atoms with E-state index in [-0.39, 0.29) is 24.6 Å². The Kier molecular flexibility index (Phi) is 11.7. The highest BCUT2D eigenvalue weighted by molar-refractivity contribution is 5.98. The number of carbonyl (C=O) groups is 2. The van der Waals surface area contributed by atoms with Gasteiger partial charge in [-0.15, -0.1) is 10.2 Å². The van der Waals surface area contributed by atoms with Crippen LogP contribution in [-0.2, 0) is 17.7 Å². The van der Waals surface area contributed by atoms with Crippen molar-refractivity contribution in [1.82, 2.24) is 25.0 Å². The number of nitrogens with zero attached hydrogens (tertiary/aromatic N) is 4. The van der Waals surface area contributed by atoms with E-state index in [1.54, 1.807) is 40.9 Å². The highest BCUT2D eigenvalue weighted by Crippen LogP contribution is 2.28. The van der Waals surface area contributed by atoms with Crippen LogP contribution in [0.5, 0.6) is 5.75 Å². The van der Waals surface area contributed by atoms with E-state index in [1.807, 2.05) is 39.8 Å². The molecule has 0 saturated heterocycles. The van der Waals surface area contributed by atoms with E-state index < -0.39 is 0 Å². The first-order valence-electron chi connectivity index (χ1n) is 12.8. The normalized spacial score (nSPS) is 13.8. The summed E-state index contributed by atoms with van der Waals surface area (Å²) in [5.74, 6) is 0.738. The van der Waals surface area contributed by atoms with Crippen LogP contribution in [0.1, 0.15) is 68.0 Å². The number of nitrogens with one attached hydrogen (secondary N) is 1. The number of ether oxygens (including phenoxy) is 2. The molecule has 10 nitrogen and oxygen atoms in total. The fraction of sp³-hybridized carbons (Fsp3) is 0.429. The first kappa shape index (κ1) is 30.3. The zero-order valence-electron chi connectivity index (χ0n) is 23.2. The van der Waals surface area contributed by atoms with Crippen LogP contribution in [0.25, 0.3) is 5.57 Å². The molecule has 1 unspecified atom stereocenters. The number of hydrogen-bond acceptors (Lipinski definition) is 7. The molecule has 1 aromatic heterocycles. The average molecular weight is 526 g/mol. The van der Waals surface area contributed by atoms with Gasteiger partial charge in [-0.1, -0.05) is 32.6 Å². The molecule has 1 atom stereocenters. The first-order chi connectivity index (χ1) is 18.3. The Morgan fingerprint density at radius 1 is 1.29 bits per heavy atom. The van der Waals surface area contributed by atoms with Crippen molar-refractivity contribution in [3.05, 3.63) is 71.5 Å². The van der Waals surface area contributed by atoms with Gasteiger partial charge in [0, 0.05) is 18.8 Å². The number of rotatable bonds is 9. The number of methoxy groups -OCH3 is 1. The maximum atomic E-state index is 13.0. The highest BCUT2D eigenvalue weighted by Gasteiger charge is 2.25. The second-order valence-corrected chi connectivity index (χ2v) is 8.47. The van der Waals surface area contributed by atoms with E-state index in [2.05, 4.69) is 22.1 Å². The quantitative estimate of drug-likeness (QED) is 0.469. The fourth-order valence-corrected chi connectivity index (χ4v) is 3.88. The van der Waals surface area contributed by atoms with Gasteiger partial charge in [0.25, 0.3) is 5.91 Å². The van der Waals surface area contributed by atoms with Gasteiger partial charge in [0.1, 0.15) is 12.1 Å². The van der Waals surface area contributed by atoms with Crippen molar-refractivity contribution in [2.75, 3.05) is 26.9 Å². The Hall–Kier alpha value is -3.92.